The SMILES string of the molecule is CC(N)CCN1CCCCC1C(C)C. The van der Waals surface area contributed by atoms with Gasteiger partial charge in [-0.1, -0.05) is 20.3 Å². The van der Waals surface area contributed by atoms with Gasteiger partial charge in [0.15, 0.2) is 0 Å². The van der Waals surface area contributed by atoms with E-state index in [1.54, 1.807) is 0 Å². The molecule has 2 nitrogen and oxygen atoms in total. The van der Waals surface area contributed by atoms with Gasteiger partial charge in [0, 0.05) is 12.1 Å². The summed E-state index contributed by atoms with van der Waals surface area (Å²) in [4.78, 5) is 2.65. The number of rotatable bonds is 4. The Labute approximate surface area is 88.8 Å². The van der Waals surface area contributed by atoms with Gasteiger partial charge < -0.3 is 10.6 Å². The minimum Gasteiger partial charge on any atom is -0.328 e. The van der Waals surface area contributed by atoms with Gasteiger partial charge >= 0.3 is 0 Å². The molecule has 0 amide bonds. The van der Waals surface area contributed by atoms with Crippen LogP contribution in [0, 0.1) is 5.92 Å². The topological polar surface area (TPSA) is 29.3 Å². The van der Waals surface area contributed by atoms with E-state index in [2.05, 4.69) is 25.7 Å². The molecular formula is C12H26N2. The molecule has 0 saturated carbocycles. The fraction of sp³-hybridized carbons (Fsp3) is 1.00. The number of hydrogen-bond acceptors (Lipinski definition) is 2. The quantitative estimate of drug-likeness (QED) is 0.750. The highest BCUT2D eigenvalue weighted by atomic mass is 15.2. The van der Waals surface area contributed by atoms with Crippen molar-refractivity contribution in [1.29, 1.82) is 0 Å². The van der Waals surface area contributed by atoms with Gasteiger partial charge in [-0.15, -0.1) is 0 Å². The maximum Gasteiger partial charge on any atom is 0.0118 e. The monoisotopic (exact) mass is 198 g/mol. The van der Waals surface area contributed by atoms with Gasteiger partial charge in [0.25, 0.3) is 0 Å². The largest absolute Gasteiger partial charge is 0.328 e. The molecule has 2 heteroatoms. The third-order valence-electron chi connectivity index (χ3n) is 3.31. The molecule has 1 aliphatic heterocycles. The summed E-state index contributed by atoms with van der Waals surface area (Å²) in [5.74, 6) is 0.795. The molecule has 84 valence electrons. The second-order valence-corrected chi connectivity index (χ2v) is 5.11. The van der Waals surface area contributed by atoms with Crippen LogP contribution in [0.2, 0.25) is 0 Å². The Bertz CT molecular complexity index is 154. The Kier molecular flexibility index (Phi) is 4.90. The normalized spacial score (nSPS) is 26.8. The molecule has 2 N–H and O–H groups in total. The molecule has 1 aliphatic rings. The first-order chi connectivity index (χ1) is 6.61. The molecule has 0 radical (unpaired) electrons. The van der Waals surface area contributed by atoms with E-state index in [1.165, 1.54) is 32.4 Å². The fourth-order valence-corrected chi connectivity index (χ4v) is 2.42. The lowest BCUT2D eigenvalue weighted by molar-refractivity contribution is 0.109. The van der Waals surface area contributed by atoms with E-state index in [-0.39, 0.29) is 0 Å². The van der Waals surface area contributed by atoms with Crippen molar-refractivity contribution in [3.8, 4) is 0 Å². The number of likely N-dealkylation sites (tertiary alicyclic amines) is 1. The Balaban J connectivity index is 2.38. The smallest absolute Gasteiger partial charge is 0.0118 e. The van der Waals surface area contributed by atoms with Gasteiger partial charge in [0.1, 0.15) is 0 Å². The fourth-order valence-electron chi connectivity index (χ4n) is 2.42. The van der Waals surface area contributed by atoms with Crippen molar-refractivity contribution < 1.29 is 0 Å². The van der Waals surface area contributed by atoms with Crippen LogP contribution in [0.4, 0.5) is 0 Å². The van der Waals surface area contributed by atoms with Crippen molar-refractivity contribution in [3.05, 3.63) is 0 Å². The molecule has 1 rings (SSSR count). The maximum absolute atomic E-state index is 5.80. The van der Waals surface area contributed by atoms with Crippen LogP contribution in [0.5, 0.6) is 0 Å². The average Bonchev–Trinajstić information content (AvgIpc) is 2.15. The number of hydrogen-bond donors (Lipinski definition) is 1. The van der Waals surface area contributed by atoms with Gasteiger partial charge in [-0.3, -0.25) is 0 Å². The van der Waals surface area contributed by atoms with Crippen molar-refractivity contribution in [2.75, 3.05) is 13.1 Å². The zero-order valence-corrected chi connectivity index (χ0v) is 10.00. The van der Waals surface area contributed by atoms with E-state index in [0.29, 0.717) is 6.04 Å². The summed E-state index contributed by atoms with van der Waals surface area (Å²) in [6.45, 7) is 9.27. The van der Waals surface area contributed by atoms with Crippen LogP contribution in [0.15, 0.2) is 0 Å². The molecule has 1 fully saturated rings. The molecule has 0 aromatic rings. The molecule has 1 saturated heterocycles. The standard InChI is InChI=1S/C12H26N2/c1-10(2)12-6-4-5-8-14(12)9-7-11(3)13/h10-12H,4-9,13H2,1-3H3. The average molecular weight is 198 g/mol. The van der Waals surface area contributed by atoms with E-state index < -0.39 is 0 Å². The molecule has 0 spiro atoms. The second-order valence-electron chi connectivity index (χ2n) is 5.11. The number of nitrogens with two attached hydrogens (primary N) is 1. The predicted molar refractivity (Wildman–Crippen MR) is 62.3 cm³/mol. The summed E-state index contributed by atoms with van der Waals surface area (Å²) in [5, 5.41) is 0. The lowest BCUT2D eigenvalue weighted by Crippen LogP contribution is -2.44. The van der Waals surface area contributed by atoms with E-state index in [9.17, 15) is 0 Å². The van der Waals surface area contributed by atoms with E-state index in [0.717, 1.165) is 18.4 Å². The zero-order valence-electron chi connectivity index (χ0n) is 10.00. The number of piperidine rings is 1. The van der Waals surface area contributed by atoms with Crippen LogP contribution < -0.4 is 5.73 Å². The molecule has 1 heterocycles. The summed E-state index contributed by atoms with van der Waals surface area (Å²) in [7, 11) is 0. The molecular weight excluding hydrogens is 172 g/mol. The van der Waals surface area contributed by atoms with E-state index in [4.69, 9.17) is 5.73 Å². The van der Waals surface area contributed by atoms with Crippen LogP contribution in [-0.2, 0) is 0 Å². The summed E-state index contributed by atoms with van der Waals surface area (Å²) in [6.07, 6.45) is 5.32. The van der Waals surface area contributed by atoms with Crippen molar-refractivity contribution in [2.24, 2.45) is 11.7 Å². The third-order valence-corrected chi connectivity index (χ3v) is 3.31. The minimum absolute atomic E-state index is 0.352. The van der Waals surface area contributed by atoms with Crippen molar-refractivity contribution in [3.63, 3.8) is 0 Å². The highest BCUT2D eigenvalue weighted by Gasteiger charge is 2.24. The Morgan fingerprint density at radius 3 is 2.57 bits per heavy atom. The van der Waals surface area contributed by atoms with Crippen LogP contribution in [0.3, 0.4) is 0 Å². The van der Waals surface area contributed by atoms with Gasteiger partial charge in [0.2, 0.25) is 0 Å². The summed E-state index contributed by atoms with van der Waals surface area (Å²) in [5.41, 5.74) is 5.80. The first kappa shape index (κ1) is 12.0. The van der Waals surface area contributed by atoms with Crippen molar-refractivity contribution >= 4 is 0 Å². The van der Waals surface area contributed by atoms with Crippen LogP contribution >= 0.6 is 0 Å². The minimum atomic E-state index is 0.352. The van der Waals surface area contributed by atoms with Gasteiger partial charge in [-0.05, 0) is 45.2 Å². The summed E-state index contributed by atoms with van der Waals surface area (Å²) in [6, 6.07) is 1.16. The Morgan fingerprint density at radius 2 is 2.00 bits per heavy atom. The first-order valence-electron chi connectivity index (χ1n) is 6.11. The van der Waals surface area contributed by atoms with E-state index in [1.807, 2.05) is 0 Å². The Hall–Kier alpha value is -0.0800. The highest BCUT2D eigenvalue weighted by molar-refractivity contribution is 4.79. The third kappa shape index (κ3) is 3.58. The van der Waals surface area contributed by atoms with Crippen molar-refractivity contribution in [1.82, 2.24) is 4.90 Å². The first-order valence-corrected chi connectivity index (χ1v) is 6.11. The maximum atomic E-state index is 5.80. The molecule has 14 heavy (non-hydrogen) atoms. The van der Waals surface area contributed by atoms with Gasteiger partial charge in [-0.25, -0.2) is 0 Å². The predicted octanol–water partition coefficient (Wildman–Crippen LogP) is 2.23. The molecule has 2 atom stereocenters. The molecule has 0 aromatic carbocycles. The second kappa shape index (κ2) is 5.72. The molecule has 0 aliphatic carbocycles. The lowest BCUT2D eigenvalue weighted by Gasteiger charge is -2.38. The molecule has 0 bridgehead atoms. The van der Waals surface area contributed by atoms with Gasteiger partial charge in [-0.2, -0.15) is 0 Å². The highest BCUT2D eigenvalue weighted by Crippen LogP contribution is 2.23. The Morgan fingerprint density at radius 1 is 1.29 bits per heavy atom. The number of nitrogens with zero attached hydrogens (tertiary/aromatic N) is 1. The molecule has 2 unspecified atom stereocenters. The van der Waals surface area contributed by atoms with E-state index >= 15 is 0 Å². The van der Waals surface area contributed by atoms with Crippen LogP contribution in [0.1, 0.15) is 46.5 Å². The van der Waals surface area contributed by atoms with Crippen molar-refractivity contribution in [2.45, 2.75) is 58.5 Å². The summed E-state index contributed by atoms with van der Waals surface area (Å²) < 4.78 is 0. The molecule has 0 aromatic heterocycles. The lowest BCUT2D eigenvalue weighted by atomic mass is 9.92. The van der Waals surface area contributed by atoms with Crippen LogP contribution in [-0.4, -0.2) is 30.1 Å². The van der Waals surface area contributed by atoms with Crippen LogP contribution in [0.25, 0.3) is 0 Å². The van der Waals surface area contributed by atoms with Gasteiger partial charge in [0.05, 0.1) is 0 Å². The summed E-state index contributed by atoms with van der Waals surface area (Å²) >= 11 is 0. The zero-order chi connectivity index (χ0) is 10.6.